The number of nitrogens with zero attached hydrogens (tertiary/aromatic N) is 4. The number of rotatable bonds is 5. The molecule has 0 unspecified atom stereocenters. The predicted octanol–water partition coefficient (Wildman–Crippen LogP) is 4.41. The SMILES string of the molecule is CCCOc1nc(N2CCNCC2)nc2c1sc1nc(-c3ccccc3)cc(C)c12. The second-order valence-electron chi connectivity index (χ2n) is 7.56. The molecular formula is C23H25N5OS. The zero-order valence-corrected chi connectivity index (χ0v) is 18.1. The van der Waals surface area contributed by atoms with Gasteiger partial charge in [-0.15, -0.1) is 11.3 Å². The number of hydrogen-bond donors (Lipinski definition) is 1. The first-order chi connectivity index (χ1) is 14.7. The van der Waals surface area contributed by atoms with E-state index in [9.17, 15) is 0 Å². The molecule has 0 aliphatic carbocycles. The summed E-state index contributed by atoms with van der Waals surface area (Å²) >= 11 is 1.63. The number of aromatic nitrogens is 3. The van der Waals surface area contributed by atoms with Crippen LogP contribution < -0.4 is 15.0 Å². The molecule has 4 heterocycles. The van der Waals surface area contributed by atoms with Gasteiger partial charge >= 0.3 is 0 Å². The van der Waals surface area contributed by atoms with Gasteiger partial charge in [-0.2, -0.15) is 4.98 Å². The zero-order chi connectivity index (χ0) is 20.5. The average molecular weight is 420 g/mol. The highest BCUT2D eigenvalue weighted by molar-refractivity contribution is 7.25. The lowest BCUT2D eigenvalue weighted by Crippen LogP contribution is -2.44. The molecule has 0 radical (unpaired) electrons. The molecule has 0 spiro atoms. The first-order valence-corrected chi connectivity index (χ1v) is 11.3. The van der Waals surface area contributed by atoms with E-state index >= 15 is 0 Å². The molecule has 0 bridgehead atoms. The van der Waals surface area contributed by atoms with Crippen LogP contribution in [0.25, 0.3) is 31.7 Å². The fourth-order valence-electron chi connectivity index (χ4n) is 3.84. The van der Waals surface area contributed by atoms with Crippen molar-refractivity contribution in [3.63, 3.8) is 0 Å². The standard InChI is InChI=1S/C23H25N5OS/c1-3-13-29-21-20-19(26-23(27-21)28-11-9-24-10-12-28)18-15(2)14-17(25-22(18)30-20)16-7-5-4-6-8-16/h4-8,14,24H,3,9-13H2,1-2H3. The van der Waals surface area contributed by atoms with Crippen LogP contribution in [-0.2, 0) is 0 Å². The van der Waals surface area contributed by atoms with Crippen molar-refractivity contribution in [2.24, 2.45) is 0 Å². The summed E-state index contributed by atoms with van der Waals surface area (Å²) in [5.74, 6) is 1.43. The van der Waals surface area contributed by atoms with Crippen molar-refractivity contribution in [1.82, 2.24) is 20.3 Å². The monoisotopic (exact) mass is 419 g/mol. The van der Waals surface area contributed by atoms with Crippen LogP contribution in [0.2, 0.25) is 0 Å². The maximum atomic E-state index is 6.07. The number of piperazine rings is 1. The lowest BCUT2D eigenvalue weighted by Gasteiger charge is -2.27. The van der Waals surface area contributed by atoms with Crippen LogP contribution >= 0.6 is 11.3 Å². The molecule has 6 nitrogen and oxygen atoms in total. The molecule has 0 atom stereocenters. The largest absolute Gasteiger partial charge is 0.477 e. The molecule has 0 saturated carbocycles. The Morgan fingerprint density at radius 1 is 1.10 bits per heavy atom. The molecule has 1 aliphatic rings. The minimum atomic E-state index is 0.642. The molecule has 1 aromatic carbocycles. The minimum Gasteiger partial charge on any atom is -0.477 e. The highest BCUT2D eigenvalue weighted by atomic mass is 32.1. The number of benzene rings is 1. The number of pyridine rings is 1. The quantitative estimate of drug-likeness (QED) is 0.517. The molecule has 0 amide bonds. The summed E-state index contributed by atoms with van der Waals surface area (Å²) in [5.41, 5.74) is 4.24. The number of aryl methyl sites for hydroxylation is 1. The minimum absolute atomic E-state index is 0.642. The Labute approximate surface area is 179 Å². The van der Waals surface area contributed by atoms with E-state index in [1.54, 1.807) is 11.3 Å². The van der Waals surface area contributed by atoms with Crippen molar-refractivity contribution in [2.45, 2.75) is 20.3 Å². The van der Waals surface area contributed by atoms with Gasteiger partial charge in [0.15, 0.2) is 0 Å². The van der Waals surface area contributed by atoms with Crippen LogP contribution in [0.1, 0.15) is 18.9 Å². The van der Waals surface area contributed by atoms with Gasteiger partial charge < -0.3 is 15.0 Å². The summed E-state index contributed by atoms with van der Waals surface area (Å²) in [7, 11) is 0. The Morgan fingerprint density at radius 2 is 1.90 bits per heavy atom. The highest BCUT2D eigenvalue weighted by Gasteiger charge is 2.21. The van der Waals surface area contributed by atoms with E-state index in [-0.39, 0.29) is 0 Å². The average Bonchev–Trinajstić information content (AvgIpc) is 3.17. The van der Waals surface area contributed by atoms with E-state index in [2.05, 4.69) is 42.3 Å². The highest BCUT2D eigenvalue weighted by Crippen LogP contribution is 2.40. The smallest absolute Gasteiger partial charge is 0.236 e. The van der Waals surface area contributed by atoms with E-state index in [1.807, 2.05) is 18.2 Å². The third-order valence-corrected chi connectivity index (χ3v) is 6.41. The summed E-state index contributed by atoms with van der Waals surface area (Å²) in [6.07, 6.45) is 0.939. The van der Waals surface area contributed by atoms with Crippen molar-refractivity contribution < 1.29 is 4.74 Å². The molecule has 4 aromatic rings. The molecule has 154 valence electrons. The first-order valence-electron chi connectivity index (χ1n) is 10.5. The van der Waals surface area contributed by atoms with Crippen LogP contribution in [0, 0.1) is 6.92 Å². The van der Waals surface area contributed by atoms with E-state index < -0.39 is 0 Å². The van der Waals surface area contributed by atoms with E-state index in [0.29, 0.717) is 12.5 Å². The second-order valence-corrected chi connectivity index (χ2v) is 8.56. The summed E-state index contributed by atoms with van der Waals surface area (Å²) in [4.78, 5) is 18.0. The summed E-state index contributed by atoms with van der Waals surface area (Å²) in [5, 5.41) is 4.50. The van der Waals surface area contributed by atoms with Gasteiger partial charge in [0.25, 0.3) is 0 Å². The molecule has 3 aromatic heterocycles. The molecular weight excluding hydrogens is 394 g/mol. The van der Waals surface area contributed by atoms with E-state index in [0.717, 1.165) is 70.2 Å². The lowest BCUT2D eigenvalue weighted by atomic mass is 10.1. The van der Waals surface area contributed by atoms with Gasteiger partial charge in [0.2, 0.25) is 11.8 Å². The fraction of sp³-hybridized carbons (Fsp3) is 0.348. The van der Waals surface area contributed by atoms with Crippen LogP contribution in [0.15, 0.2) is 36.4 Å². The summed E-state index contributed by atoms with van der Waals surface area (Å²) < 4.78 is 7.06. The fourth-order valence-corrected chi connectivity index (χ4v) is 4.98. The Morgan fingerprint density at radius 3 is 2.67 bits per heavy atom. The van der Waals surface area contributed by atoms with Gasteiger partial charge in [-0.3, -0.25) is 0 Å². The van der Waals surface area contributed by atoms with Gasteiger partial charge in [-0.1, -0.05) is 37.3 Å². The first kappa shape index (κ1) is 19.2. The second kappa shape index (κ2) is 8.16. The van der Waals surface area contributed by atoms with E-state index in [1.165, 1.54) is 5.56 Å². The topological polar surface area (TPSA) is 63.2 Å². The van der Waals surface area contributed by atoms with Gasteiger partial charge in [-0.05, 0) is 25.0 Å². The Balaban J connectivity index is 1.70. The molecule has 1 saturated heterocycles. The van der Waals surface area contributed by atoms with Crippen LogP contribution in [0.4, 0.5) is 5.95 Å². The number of hydrogen-bond acceptors (Lipinski definition) is 7. The van der Waals surface area contributed by atoms with Crippen molar-refractivity contribution in [1.29, 1.82) is 0 Å². The van der Waals surface area contributed by atoms with Gasteiger partial charge in [-0.25, -0.2) is 9.97 Å². The third kappa shape index (κ3) is 3.48. The van der Waals surface area contributed by atoms with Crippen LogP contribution in [0.3, 0.4) is 0 Å². The molecule has 1 fully saturated rings. The Kier molecular flexibility index (Phi) is 5.23. The summed E-state index contributed by atoms with van der Waals surface area (Å²) in [6.45, 7) is 8.57. The number of fused-ring (bicyclic) bond motifs is 3. The molecule has 1 N–H and O–H groups in total. The van der Waals surface area contributed by atoms with Crippen molar-refractivity contribution in [3.05, 3.63) is 42.0 Å². The molecule has 30 heavy (non-hydrogen) atoms. The molecule has 1 aliphatic heterocycles. The normalized spacial score (nSPS) is 14.5. The van der Waals surface area contributed by atoms with Gasteiger partial charge in [0.1, 0.15) is 15.0 Å². The van der Waals surface area contributed by atoms with Gasteiger partial charge in [0, 0.05) is 37.1 Å². The predicted molar refractivity (Wildman–Crippen MR) is 124 cm³/mol. The van der Waals surface area contributed by atoms with Crippen molar-refractivity contribution >= 4 is 37.7 Å². The number of thiophene rings is 1. The Bertz CT molecular complexity index is 1180. The molecule has 7 heteroatoms. The number of ether oxygens (including phenoxy) is 1. The number of nitrogens with one attached hydrogen (secondary N) is 1. The third-order valence-electron chi connectivity index (χ3n) is 5.35. The zero-order valence-electron chi connectivity index (χ0n) is 17.3. The maximum absolute atomic E-state index is 6.07. The van der Waals surface area contributed by atoms with Crippen molar-refractivity contribution in [3.8, 4) is 17.1 Å². The lowest BCUT2D eigenvalue weighted by molar-refractivity contribution is 0.309. The van der Waals surface area contributed by atoms with Crippen LogP contribution in [-0.4, -0.2) is 47.7 Å². The Hall–Kier alpha value is -2.77. The van der Waals surface area contributed by atoms with E-state index in [4.69, 9.17) is 19.7 Å². The summed E-state index contributed by atoms with van der Waals surface area (Å²) in [6, 6.07) is 12.5. The van der Waals surface area contributed by atoms with Crippen LogP contribution in [0.5, 0.6) is 5.88 Å². The number of anilines is 1. The molecule has 5 rings (SSSR count). The van der Waals surface area contributed by atoms with Gasteiger partial charge in [0.05, 0.1) is 12.3 Å². The maximum Gasteiger partial charge on any atom is 0.236 e. The van der Waals surface area contributed by atoms with Crippen molar-refractivity contribution in [2.75, 3.05) is 37.7 Å².